The van der Waals surface area contributed by atoms with Crippen LogP contribution >= 0.6 is 0 Å². The van der Waals surface area contributed by atoms with Gasteiger partial charge >= 0.3 is 0 Å². The van der Waals surface area contributed by atoms with E-state index in [0.29, 0.717) is 11.3 Å². The molecule has 2 aromatic rings. The number of aliphatic hydroxyl groups is 1. The Hall–Kier alpha value is -2.82. The van der Waals surface area contributed by atoms with Gasteiger partial charge in [0.15, 0.2) is 0 Å². The zero-order valence-electron chi connectivity index (χ0n) is 16.3. The summed E-state index contributed by atoms with van der Waals surface area (Å²) in [5.41, 5.74) is 2.53. The third-order valence-electron chi connectivity index (χ3n) is 5.91. The van der Waals surface area contributed by atoms with Crippen LogP contribution < -0.4 is 0 Å². The molecule has 1 aliphatic carbocycles. The number of rotatable bonds is 3. The van der Waals surface area contributed by atoms with E-state index in [2.05, 4.69) is 0 Å². The maximum Gasteiger partial charge on any atom is 0.296 e. The molecule has 1 saturated heterocycles. The number of nitrogens with zero attached hydrogens (tertiary/aromatic N) is 1. The molecular weight excluding hydrogens is 354 g/mol. The SMILES string of the molecule is Cc1ccc(C)c(/C(O)=C2/C(=O)C(=O)N(C3CCCCC3)C2c2ccco2)c1. The van der Waals surface area contributed by atoms with Gasteiger partial charge in [-0.05, 0) is 50.5 Å². The van der Waals surface area contributed by atoms with Crippen LogP contribution in [0.25, 0.3) is 5.76 Å². The molecule has 2 aliphatic rings. The molecule has 1 amide bonds. The van der Waals surface area contributed by atoms with Crippen LogP contribution in [-0.2, 0) is 9.59 Å². The molecule has 0 bridgehead atoms. The lowest BCUT2D eigenvalue weighted by molar-refractivity contribution is -0.142. The molecule has 1 N–H and O–H groups in total. The summed E-state index contributed by atoms with van der Waals surface area (Å²) in [7, 11) is 0. The summed E-state index contributed by atoms with van der Waals surface area (Å²) < 4.78 is 5.61. The molecular formula is C23H25NO4. The number of hydrogen-bond acceptors (Lipinski definition) is 4. The summed E-state index contributed by atoms with van der Waals surface area (Å²) >= 11 is 0. The van der Waals surface area contributed by atoms with E-state index < -0.39 is 17.7 Å². The number of hydrogen-bond donors (Lipinski definition) is 1. The summed E-state index contributed by atoms with van der Waals surface area (Å²) in [6, 6.07) is 8.52. The maximum atomic E-state index is 13.0. The smallest absolute Gasteiger partial charge is 0.296 e. The fourth-order valence-corrected chi connectivity index (χ4v) is 4.45. The van der Waals surface area contributed by atoms with Gasteiger partial charge in [0.25, 0.3) is 11.7 Å². The van der Waals surface area contributed by atoms with E-state index >= 15 is 0 Å². The Bertz CT molecular complexity index is 936. The Morgan fingerprint density at radius 1 is 1.11 bits per heavy atom. The van der Waals surface area contributed by atoms with Crippen LogP contribution in [0.15, 0.2) is 46.6 Å². The highest BCUT2D eigenvalue weighted by molar-refractivity contribution is 6.46. The van der Waals surface area contributed by atoms with Crippen LogP contribution in [0.4, 0.5) is 0 Å². The molecule has 28 heavy (non-hydrogen) atoms. The van der Waals surface area contributed by atoms with Crippen molar-refractivity contribution in [2.75, 3.05) is 0 Å². The van der Waals surface area contributed by atoms with E-state index in [0.717, 1.165) is 43.2 Å². The largest absolute Gasteiger partial charge is 0.507 e. The number of aryl methyl sites for hydroxylation is 2. The van der Waals surface area contributed by atoms with E-state index in [1.165, 1.54) is 6.26 Å². The molecule has 2 fully saturated rings. The maximum absolute atomic E-state index is 13.0. The van der Waals surface area contributed by atoms with Crippen LogP contribution in [0.5, 0.6) is 0 Å². The number of benzene rings is 1. The van der Waals surface area contributed by atoms with Crippen LogP contribution in [0.3, 0.4) is 0 Å². The fraction of sp³-hybridized carbons (Fsp3) is 0.391. The molecule has 5 heteroatoms. The van der Waals surface area contributed by atoms with Gasteiger partial charge in [0, 0.05) is 11.6 Å². The summed E-state index contributed by atoms with van der Waals surface area (Å²) in [5.74, 6) is -0.790. The highest BCUT2D eigenvalue weighted by Gasteiger charge is 2.50. The van der Waals surface area contributed by atoms with E-state index in [-0.39, 0.29) is 17.4 Å². The van der Waals surface area contributed by atoms with Crippen molar-refractivity contribution in [2.24, 2.45) is 0 Å². The first-order valence-electron chi connectivity index (χ1n) is 9.90. The molecule has 4 rings (SSSR count). The van der Waals surface area contributed by atoms with E-state index in [1.54, 1.807) is 17.0 Å². The third kappa shape index (κ3) is 3.05. The van der Waals surface area contributed by atoms with Gasteiger partial charge < -0.3 is 14.4 Å². The lowest BCUT2D eigenvalue weighted by Gasteiger charge is -2.34. The molecule has 2 heterocycles. The van der Waals surface area contributed by atoms with Crippen molar-refractivity contribution in [3.63, 3.8) is 0 Å². The van der Waals surface area contributed by atoms with Gasteiger partial charge in [0.2, 0.25) is 0 Å². The minimum Gasteiger partial charge on any atom is -0.507 e. The predicted molar refractivity (Wildman–Crippen MR) is 106 cm³/mol. The summed E-state index contributed by atoms with van der Waals surface area (Å²) in [5, 5.41) is 11.1. The number of aliphatic hydroxyl groups excluding tert-OH is 1. The second kappa shape index (κ2) is 7.30. The van der Waals surface area contributed by atoms with Crippen molar-refractivity contribution >= 4 is 17.4 Å². The average Bonchev–Trinajstić information content (AvgIpc) is 3.31. The zero-order chi connectivity index (χ0) is 19.8. The van der Waals surface area contributed by atoms with Crippen molar-refractivity contribution < 1.29 is 19.1 Å². The Kier molecular flexibility index (Phi) is 4.84. The summed E-state index contributed by atoms with van der Waals surface area (Å²) in [6.45, 7) is 3.81. The minimum atomic E-state index is -0.682. The molecule has 146 valence electrons. The van der Waals surface area contributed by atoms with Crippen molar-refractivity contribution in [3.05, 3.63) is 64.6 Å². The van der Waals surface area contributed by atoms with Gasteiger partial charge in [-0.25, -0.2) is 0 Å². The molecule has 5 nitrogen and oxygen atoms in total. The number of carbonyl (C=O) groups excluding carboxylic acids is 2. The molecule has 1 aromatic heterocycles. The highest BCUT2D eigenvalue weighted by atomic mass is 16.3. The van der Waals surface area contributed by atoms with Crippen LogP contribution in [0.2, 0.25) is 0 Å². The number of Topliss-reactive ketones (excluding diaryl/α,β-unsaturated/α-hetero) is 1. The van der Waals surface area contributed by atoms with Crippen molar-refractivity contribution in [2.45, 2.75) is 58.0 Å². The van der Waals surface area contributed by atoms with Gasteiger partial charge in [0.05, 0.1) is 11.8 Å². The highest BCUT2D eigenvalue weighted by Crippen LogP contribution is 2.43. The van der Waals surface area contributed by atoms with Gasteiger partial charge in [0.1, 0.15) is 17.6 Å². The number of carbonyl (C=O) groups is 2. The van der Waals surface area contributed by atoms with Crippen molar-refractivity contribution in [1.29, 1.82) is 0 Å². The number of amides is 1. The summed E-state index contributed by atoms with van der Waals surface area (Å²) in [6.07, 6.45) is 6.50. The topological polar surface area (TPSA) is 70.8 Å². The first-order chi connectivity index (χ1) is 13.5. The lowest BCUT2D eigenvalue weighted by Crippen LogP contribution is -2.40. The molecule has 1 unspecified atom stereocenters. The Balaban J connectivity index is 1.88. The Morgan fingerprint density at radius 2 is 1.86 bits per heavy atom. The van der Waals surface area contributed by atoms with Crippen LogP contribution in [0, 0.1) is 13.8 Å². The van der Waals surface area contributed by atoms with Crippen molar-refractivity contribution in [1.82, 2.24) is 4.90 Å². The summed E-state index contributed by atoms with van der Waals surface area (Å²) in [4.78, 5) is 27.7. The second-order valence-electron chi connectivity index (χ2n) is 7.83. The first kappa shape index (κ1) is 18.5. The van der Waals surface area contributed by atoms with E-state index in [4.69, 9.17) is 4.42 Å². The third-order valence-corrected chi connectivity index (χ3v) is 5.91. The Morgan fingerprint density at radius 3 is 2.54 bits per heavy atom. The second-order valence-corrected chi connectivity index (χ2v) is 7.83. The van der Waals surface area contributed by atoms with E-state index in [9.17, 15) is 14.7 Å². The first-order valence-corrected chi connectivity index (χ1v) is 9.90. The lowest BCUT2D eigenvalue weighted by atomic mass is 9.92. The number of furan rings is 1. The molecule has 1 aliphatic heterocycles. The molecule has 1 aromatic carbocycles. The van der Waals surface area contributed by atoms with Crippen molar-refractivity contribution in [3.8, 4) is 0 Å². The Labute approximate surface area is 164 Å². The van der Waals surface area contributed by atoms with Gasteiger partial charge in [-0.1, -0.05) is 37.0 Å². The monoisotopic (exact) mass is 379 g/mol. The normalized spacial score (nSPS) is 22.8. The molecule has 1 saturated carbocycles. The number of likely N-dealkylation sites (tertiary alicyclic amines) is 1. The van der Waals surface area contributed by atoms with Gasteiger partial charge in [-0.2, -0.15) is 0 Å². The molecule has 1 atom stereocenters. The van der Waals surface area contributed by atoms with E-state index in [1.807, 2.05) is 32.0 Å². The minimum absolute atomic E-state index is 0.00999. The van der Waals surface area contributed by atoms with Gasteiger partial charge in [-0.3, -0.25) is 9.59 Å². The molecule has 0 radical (unpaired) electrons. The molecule has 0 spiro atoms. The number of ketones is 1. The average molecular weight is 379 g/mol. The van der Waals surface area contributed by atoms with Crippen LogP contribution in [-0.4, -0.2) is 27.7 Å². The van der Waals surface area contributed by atoms with Crippen LogP contribution in [0.1, 0.15) is 60.6 Å². The predicted octanol–water partition coefficient (Wildman–Crippen LogP) is 4.65. The van der Waals surface area contributed by atoms with Gasteiger partial charge in [-0.15, -0.1) is 0 Å². The quantitative estimate of drug-likeness (QED) is 0.479. The zero-order valence-corrected chi connectivity index (χ0v) is 16.3. The fourth-order valence-electron chi connectivity index (χ4n) is 4.45. The standard InChI is InChI=1S/C23H25NO4/c1-14-10-11-15(2)17(13-14)21(25)19-20(18-9-6-12-28-18)24(23(27)22(19)26)16-7-4-3-5-8-16/h6,9-13,16,20,25H,3-5,7-8H2,1-2H3/b21-19-.